The molecular weight excluding hydrogens is 348 g/mol. The first-order valence-corrected chi connectivity index (χ1v) is 9.05. The van der Waals surface area contributed by atoms with Gasteiger partial charge >= 0.3 is 0 Å². The Hall–Kier alpha value is -2.86. The van der Waals surface area contributed by atoms with Crippen molar-refractivity contribution in [2.45, 2.75) is 12.8 Å². The lowest BCUT2D eigenvalue weighted by atomic mass is 9.94. The molecule has 0 unspecified atom stereocenters. The monoisotopic (exact) mass is 368 g/mol. The number of methoxy groups -OCH3 is 2. The van der Waals surface area contributed by atoms with Crippen LogP contribution in [0.3, 0.4) is 0 Å². The Morgan fingerprint density at radius 3 is 2.50 bits per heavy atom. The number of hydrogen-bond acceptors (Lipinski definition) is 6. The highest BCUT2D eigenvalue weighted by Gasteiger charge is 2.20. The first kappa shape index (κ1) is 17.9. The van der Waals surface area contributed by atoms with E-state index in [-0.39, 0.29) is 0 Å². The summed E-state index contributed by atoms with van der Waals surface area (Å²) in [5.74, 6) is 1.32. The van der Waals surface area contributed by atoms with E-state index in [4.69, 9.17) is 9.47 Å². The largest absolute Gasteiger partial charge is 0.493 e. The van der Waals surface area contributed by atoms with Gasteiger partial charge in [0.1, 0.15) is 5.71 Å². The summed E-state index contributed by atoms with van der Waals surface area (Å²) in [5, 5.41) is 15.3. The number of pyridine rings is 1. The number of ether oxygens (including phenoxy) is 2. The first-order valence-electron chi connectivity index (χ1n) is 8.17. The zero-order valence-corrected chi connectivity index (χ0v) is 15.5. The van der Waals surface area contributed by atoms with Crippen LogP contribution < -0.4 is 9.47 Å². The topological polar surface area (TPSA) is 63.9 Å². The molecule has 3 aromatic rings. The molecule has 3 rings (SSSR count). The summed E-state index contributed by atoms with van der Waals surface area (Å²) in [5.41, 5.74) is 3.03. The van der Waals surface area contributed by atoms with Gasteiger partial charge in [0.05, 0.1) is 14.2 Å². The molecule has 1 N–H and O–H groups in total. The van der Waals surface area contributed by atoms with Gasteiger partial charge in [-0.25, -0.2) is 0 Å². The minimum atomic E-state index is 0.481. The number of aromatic nitrogens is 1. The molecule has 0 saturated carbocycles. The van der Waals surface area contributed by atoms with Crippen molar-refractivity contribution in [3.8, 4) is 11.5 Å². The maximum atomic E-state index is 9.70. The standard InChI is InChI=1S/C20H20N2O3S/c1-24-18-8-7-16(19(22-23)14-9-11-21-12-10-14)17(20(18)25-2)6-5-15-4-3-13-26-15/h3-4,7-13,23H,5-6H2,1-2H3. The maximum absolute atomic E-state index is 9.70. The van der Waals surface area contributed by atoms with Crippen molar-refractivity contribution in [1.29, 1.82) is 0 Å². The predicted octanol–water partition coefficient (Wildman–Crippen LogP) is 4.17. The average molecular weight is 368 g/mol. The Morgan fingerprint density at radius 1 is 1.08 bits per heavy atom. The van der Waals surface area contributed by atoms with E-state index in [1.54, 1.807) is 38.0 Å². The van der Waals surface area contributed by atoms with Gasteiger partial charge in [0, 0.05) is 34.0 Å². The summed E-state index contributed by atoms with van der Waals surface area (Å²) < 4.78 is 11.1. The quantitative estimate of drug-likeness (QED) is 0.386. The number of aryl methyl sites for hydroxylation is 1. The molecule has 0 saturated heterocycles. The highest BCUT2D eigenvalue weighted by atomic mass is 32.1. The van der Waals surface area contributed by atoms with E-state index >= 15 is 0 Å². The first-order chi connectivity index (χ1) is 12.8. The molecule has 0 radical (unpaired) electrons. The molecule has 0 spiro atoms. The van der Waals surface area contributed by atoms with Crippen LogP contribution >= 0.6 is 11.3 Å². The van der Waals surface area contributed by atoms with E-state index < -0.39 is 0 Å². The minimum absolute atomic E-state index is 0.481. The second-order valence-corrected chi connectivity index (χ2v) is 6.62. The van der Waals surface area contributed by atoms with Crippen molar-refractivity contribution in [3.63, 3.8) is 0 Å². The summed E-state index contributed by atoms with van der Waals surface area (Å²) in [4.78, 5) is 5.31. The number of thiophene rings is 1. The summed E-state index contributed by atoms with van der Waals surface area (Å²) in [6.07, 6.45) is 4.95. The third-order valence-corrected chi connectivity index (χ3v) is 5.09. The SMILES string of the molecule is COc1ccc(C(=NO)c2ccncc2)c(CCc2cccs2)c1OC. The van der Waals surface area contributed by atoms with Crippen molar-refractivity contribution in [2.75, 3.05) is 14.2 Å². The summed E-state index contributed by atoms with van der Waals surface area (Å²) in [7, 11) is 3.24. The molecule has 0 atom stereocenters. The van der Waals surface area contributed by atoms with Crippen LogP contribution in [-0.2, 0) is 12.8 Å². The van der Waals surface area contributed by atoms with Gasteiger partial charge in [0.25, 0.3) is 0 Å². The summed E-state index contributed by atoms with van der Waals surface area (Å²) >= 11 is 1.72. The molecule has 0 aliphatic carbocycles. The Bertz CT molecular complexity index is 878. The van der Waals surface area contributed by atoms with Crippen LogP contribution in [0.2, 0.25) is 0 Å². The van der Waals surface area contributed by atoms with Gasteiger partial charge in [0.15, 0.2) is 11.5 Å². The number of benzene rings is 1. The van der Waals surface area contributed by atoms with E-state index in [2.05, 4.69) is 21.6 Å². The van der Waals surface area contributed by atoms with Crippen LogP contribution in [0.25, 0.3) is 0 Å². The Labute approximate surface area is 156 Å². The lowest BCUT2D eigenvalue weighted by Gasteiger charge is -2.17. The summed E-state index contributed by atoms with van der Waals surface area (Å²) in [6, 6.07) is 11.5. The van der Waals surface area contributed by atoms with Gasteiger partial charge in [-0.05, 0) is 48.6 Å². The van der Waals surface area contributed by atoms with E-state index in [0.717, 1.165) is 29.5 Å². The molecule has 5 nitrogen and oxygen atoms in total. The van der Waals surface area contributed by atoms with Crippen LogP contribution in [-0.4, -0.2) is 30.1 Å². The molecule has 0 bridgehead atoms. The third-order valence-electron chi connectivity index (χ3n) is 4.16. The van der Waals surface area contributed by atoms with E-state index in [1.165, 1.54) is 4.88 Å². The fourth-order valence-electron chi connectivity index (χ4n) is 2.94. The highest BCUT2D eigenvalue weighted by Crippen LogP contribution is 2.35. The number of rotatable bonds is 7. The van der Waals surface area contributed by atoms with Crippen LogP contribution in [0, 0.1) is 0 Å². The van der Waals surface area contributed by atoms with E-state index in [9.17, 15) is 5.21 Å². The van der Waals surface area contributed by atoms with Crippen LogP contribution in [0.15, 0.2) is 59.3 Å². The molecular formula is C20H20N2O3S. The van der Waals surface area contributed by atoms with Crippen molar-refractivity contribution in [2.24, 2.45) is 5.16 Å². The minimum Gasteiger partial charge on any atom is -0.493 e. The van der Waals surface area contributed by atoms with Gasteiger partial charge in [-0.15, -0.1) is 11.3 Å². The smallest absolute Gasteiger partial charge is 0.164 e. The van der Waals surface area contributed by atoms with Gasteiger partial charge in [-0.1, -0.05) is 11.2 Å². The van der Waals surface area contributed by atoms with Crippen LogP contribution in [0.4, 0.5) is 0 Å². The Balaban J connectivity index is 2.08. The number of nitrogens with zero attached hydrogens (tertiary/aromatic N) is 2. The Kier molecular flexibility index (Phi) is 5.86. The number of hydrogen-bond donors (Lipinski definition) is 1. The molecule has 134 valence electrons. The maximum Gasteiger partial charge on any atom is 0.164 e. The third kappa shape index (κ3) is 3.70. The van der Waals surface area contributed by atoms with Gasteiger partial charge in [-0.3, -0.25) is 4.98 Å². The molecule has 0 amide bonds. The molecule has 2 aromatic heterocycles. The Morgan fingerprint density at radius 2 is 1.88 bits per heavy atom. The zero-order chi connectivity index (χ0) is 18.4. The zero-order valence-electron chi connectivity index (χ0n) is 14.7. The highest BCUT2D eigenvalue weighted by molar-refractivity contribution is 7.09. The lowest BCUT2D eigenvalue weighted by molar-refractivity contribution is 0.319. The molecule has 26 heavy (non-hydrogen) atoms. The van der Waals surface area contributed by atoms with Crippen molar-refractivity contribution < 1.29 is 14.7 Å². The van der Waals surface area contributed by atoms with Crippen LogP contribution in [0.1, 0.15) is 21.6 Å². The van der Waals surface area contributed by atoms with Gasteiger partial charge < -0.3 is 14.7 Å². The molecule has 0 fully saturated rings. The normalized spacial score (nSPS) is 11.4. The van der Waals surface area contributed by atoms with Crippen molar-refractivity contribution >= 4 is 17.0 Å². The van der Waals surface area contributed by atoms with Gasteiger partial charge in [-0.2, -0.15) is 0 Å². The second-order valence-electron chi connectivity index (χ2n) is 5.59. The molecule has 2 heterocycles. The van der Waals surface area contributed by atoms with Crippen molar-refractivity contribution in [1.82, 2.24) is 4.98 Å². The van der Waals surface area contributed by atoms with E-state index in [0.29, 0.717) is 17.2 Å². The molecule has 0 aliphatic rings. The average Bonchev–Trinajstić information content (AvgIpc) is 3.21. The molecule has 1 aromatic carbocycles. The van der Waals surface area contributed by atoms with E-state index in [1.807, 2.05) is 30.3 Å². The number of oxime groups is 1. The molecule has 0 aliphatic heterocycles. The van der Waals surface area contributed by atoms with Crippen molar-refractivity contribution in [3.05, 3.63) is 75.7 Å². The van der Waals surface area contributed by atoms with Gasteiger partial charge in [0.2, 0.25) is 0 Å². The lowest BCUT2D eigenvalue weighted by Crippen LogP contribution is -2.10. The van der Waals surface area contributed by atoms with Crippen LogP contribution in [0.5, 0.6) is 11.5 Å². The fraction of sp³-hybridized carbons (Fsp3) is 0.200. The molecule has 6 heteroatoms. The predicted molar refractivity (Wildman–Crippen MR) is 103 cm³/mol. The summed E-state index contributed by atoms with van der Waals surface area (Å²) in [6.45, 7) is 0. The fourth-order valence-corrected chi connectivity index (χ4v) is 3.65. The second kappa shape index (κ2) is 8.49.